The molecule has 1 aromatic rings. The fourth-order valence-corrected chi connectivity index (χ4v) is 1.98. The van der Waals surface area contributed by atoms with E-state index in [9.17, 15) is 4.79 Å². The van der Waals surface area contributed by atoms with E-state index in [1.165, 1.54) is 14.2 Å². The van der Waals surface area contributed by atoms with Crippen molar-refractivity contribution in [3.05, 3.63) is 22.2 Å². The molecule has 0 radical (unpaired) electrons. The number of ether oxygens (including phenoxy) is 2. The quantitative estimate of drug-likeness (QED) is 0.865. The number of nitrogens with two attached hydrogens (primary N) is 1. The van der Waals surface area contributed by atoms with E-state index in [-0.39, 0.29) is 5.91 Å². The van der Waals surface area contributed by atoms with Gasteiger partial charge in [0.05, 0.1) is 14.2 Å². The number of amides is 1. The number of nitrogens with one attached hydrogen (secondary N) is 1. The number of hydrogen-bond donors (Lipinski definition) is 2. The van der Waals surface area contributed by atoms with Crippen molar-refractivity contribution >= 4 is 21.8 Å². The van der Waals surface area contributed by atoms with E-state index in [0.717, 1.165) is 0 Å². The Morgan fingerprint density at radius 2 is 1.79 bits per heavy atom. The van der Waals surface area contributed by atoms with Crippen LogP contribution in [0.4, 0.5) is 0 Å². The molecule has 3 N–H and O–H groups in total. The van der Waals surface area contributed by atoms with Crippen LogP contribution in [0.1, 0.15) is 24.2 Å². The molecule has 0 unspecified atom stereocenters. The molecule has 0 atom stereocenters. The predicted octanol–water partition coefficient (Wildman–Crippen LogP) is 1.93. The first-order valence-electron chi connectivity index (χ1n) is 5.78. The molecule has 0 saturated heterocycles. The Morgan fingerprint density at radius 3 is 2.16 bits per heavy atom. The molecule has 19 heavy (non-hydrogen) atoms. The Hall–Kier alpha value is -1.27. The van der Waals surface area contributed by atoms with Crippen LogP contribution in [0.25, 0.3) is 0 Å². The predicted molar refractivity (Wildman–Crippen MR) is 77.8 cm³/mol. The van der Waals surface area contributed by atoms with E-state index in [4.69, 9.17) is 15.2 Å². The number of rotatable bonds is 5. The largest absolute Gasteiger partial charge is 0.495 e. The van der Waals surface area contributed by atoms with E-state index < -0.39 is 5.54 Å². The molecule has 1 aromatic carbocycles. The molecule has 106 valence electrons. The van der Waals surface area contributed by atoms with Crippen molar-refractivity contribution in [3.8, 4) is 11.5 Å². The number of halogens is 1. The lowest BCUT2D eigenvalue weighted by atomic mass is 10.0. The number of carbonyl (C=O) groups excluding carboxylic acids is 1. The minimum atomic E-state index is -0.468. The lowest BCUT2D eigenvalue weighted by Crippen LogP contribution is -2.48. The lowest BCUT2D eigenvalue weighted by molar-refractivity contribution is 0.0915. The topological polar surface area (TPSA) is 73.6 Å². The van der Waals surface area contributed by atoms with Crippen molar-refractivity contribution < 1.29 is 14.3 Å². The molecule has 0 aliphatic rings. The molecule has 0 heterocycles. The zero-order valence-corrected chi connectivity index (χ0v) is 13.1. The van der Waals surface area contributed by atoms with Crippen LogP contribution in [0, 0.1) is 0 Å². The van der Waals surface area contributed by atoms with E-state index >= 15 is 0 Å². The van der Waals surface area contributed by atoms with Crippen molar-refractivity contribution in [1.82, 2.24) is 5.32 Å². The molecule has 1 amide bonds. The highest BCUT2D eigenvalue weighted by Gasteiger charge is 2.21. The highest BCUT2D eigenvalue weighted by Crippen LogP contribution is 2.35. The molecule has 1 rings (SSSR count). The molecule has 6 heteroatoms. The average Bonchev–Trinajstić information content (AvgIpc) is 2.38. The average molecular weight is 331 g/mol. The van der Waals surface area contributed by atoms with Crippen LogP contribution in [-0.2, 0) is 0 Å². The summed E-state index contributed by atoms with van der Waals surface area (Å²) in [7, 11) is 3.07. The summed E-state index contributed by atoms with van der Waals surface area (Å²) < 4.78 is 11.1. The SMILES string of the molecule is COc1cc(C(=O)NC(C)(C)CN)cc(OC)c1Br. The summed E-state index contributed by atoms with van der Waals surface area (Å²) in [6.07, 6.45) is 0. The highest BCUT2D eigenvalue weighted by atomic mass is 79.9. The van der Waals surface area contributed by atoms with E-state index in [1.807, 2.05) is 13.8 Å². The van der Waals surface area contributed by atoms with E-state index in [0.29, 0.717) is 28.1 Å². The van der Waals surface area contributed by atoms with Gasteiger partial charge in [-0.3, -0.25) is 4.79 Å². The maximum atomic E-state index is 12.2. The number of carbonyl (C=O) groups is 1. The van der Waals surface area contributed by atoms with Gasteiger partial charge < -0.3 is 20.5 Å². The van der Waals surface area contributed by atoms with Crippen LogP contribution < -0.4 is 20.5 Å². The van der Waals surface area contributed by atoms with Crippen molar-refractivity contribution in [2.24, 2.45) is 5.73 Å². The van der Waals surface area contributed by atoms with Gasteiger partial charge in [0.25, 0.3) is 5.91 Å². The molecule has 0 aliphatic carbocycles. The Kier molecular flexibility index (Phi) is 5.20. The lowest BCUT2D eigenvalue weighted by Gasteiger charge is -2.24. The fraction of sp³-hybridized carbons (Fsp3) is 0.462. The zero-order chi connectivity index (χ0) is 14.6. The molecular formula is C13H19BrN2O3. The zero-order valence-electron chi connectivity index (χ0n) is 11.5. The van der Waals surface area contributed by atoms with Gasteiger partial charge in [-0.25, -0.2) is 0 Å². The Labute approximate surface area is 121 Å². The summed E-state index contributed by atoms with van der Waals surface area (Å²) in [5, 5.41) is 2.85. The van der Waals surface area contributed by atoms with Gasteiger partial charge in [-0.1, -0.05) is 0 Å². The van der Waals surface area contributed by atoms with Gasteiger partial charge in [-0.05, 0) is 41.9 Å². The van der Waals surface area contributed by atoms with E-state index in [2.05, 4.69) is 21.2 Å². The smallest absolute Gasteiger partial charge is 0.252 e. The maximum absolute atomic E-state index is 12.2. The molecule has 5 nitrogen and oxygen atoms in total. The van der Waals surface area contributed by atoms with Crippen molar-refractivity contribution in [2.75, 3.05) is 20.8 Å². The fourth-order valence-electron chi connectivity index (χ4n) is 1.43. The van der Waals surface area contributed by atoms with Gasteiger partial charge in [0.15, 0.2) is 0 Å². The summed E-state index contributed by atoms with van der Waals surface area (Å²) in [6.45, 7) is 4.07. The van der Waals surface area contributed by atoms with Crippen molar-refractivity contribution in [3.63, 3.8) is 0 Å². The van der Waals surface area contributed by atoms with Gasteiger partial charge in [0.2, 0.25) is 0 Å². The third-order valence-corrected chi connectivity index (χ3v) is 3.45. The minimum Gasteiger partial charge on any atom is -0.495 e. The van der Waals surface area contributed by atoms with Gasteiger partial charge >= 0.3 is 0 Å². The number of hydrogen-bond acceptors (Lipinski definition) is 4. The summed E-state index contributed by atoms with van der Waals surface area (Å²) in [5.74, 6) is 0.852. The summed E-state index contributed by atoms with van der Waals surface area (Å²) >= 11 is 3.36. The Morgan fingerprint density at radius 1 is 1.32 bits per heavy atom. The maximum Gasteiger partial charge on any atom is 0.252 e. The van der Waals surface area contributed by atoms with Crippen LogP contribution >= 0.6 is 15.9 Å². The van der Waals surface area contributed by atoms with E-state index in [1.54, 1.807) is 12.1 Å². The van der Waals surface area contributed by atoms with Crippen LogP contribution in [0.3, 0.4) is 0 Å². The van der Waals surface area contributed by atoms with Gasteiger partial charge in [0, 0.05) is 17.6 Å². The highest BCUT2D eigenvalue weighted by molar-refractivity contribution is 9.10. The third-order valence-electron chi connectivity index (χ3n) is 2.67. The first-order chi connectivity index (χ1) is 8.84. The second-order valence-electron chi connectivity index (χ2n) is 4.74. The third kappa shape index (κ3) is 3.84. The minimum absolute atomic E-state index is 0.223. The van der Waals surface area contributed by atoms with Gasteiger partial charge in [0.1, 0.15) is 16.0 Å². The van der Waals surface area contributed by atoms with Crippen LogP contribution in [0.2, 0.25) is 0 Å². The molecule has 0 saturated carbocycles. The second-order valence-corrected chi connectivity index (χ2v) is 5.53. The monoisotopic (exact) mass is 330 g/mol. The molecule has 0 aromatic heterocycles. The first-order valence-corrected chi connectivity index (χ1v) is 6.58. The summed E-state index contributed by atoms with van der Waals surface area (Å²) in [6, 6.07) is 3.29. The molecule has 0 spiro atoms. The number of benzene rings is 1. The molecule has 0 bridgehead atoms. The molecule has 0 fully saturated rings. The van der Waals surface area contributed by atoms with Crippen LogP contribution in [0.15, 0.2) is 16.6 Å². The Bertz CT molecular complexity index is 450. The van der Waals surface area contributed by atoms with Crippen LogP contribution in [-0.4, -0.2) is 32.2 Å². The summed E-state index contributed by atoms with van der Waals surface area (Å²) in [5.41, 5.74) is 5.59. The summed E-state index contributed by atoms with van der Waals surface area (Å²) in [4.78, 5) is 12.2. The molecular weight excluding hydrogens is 312 g/mol. The second kappa shape index (κ2) is 6.25. The normalized spacial score (nSPS) is 11.1. The van der Waals surface area contributed by atoms with Gasteiger partial charge in [-0.15, -0.1) is 0 Å². The number of methoxy groups -OCH3 is 2. The first kappa shape index (κ1) is 15.8. The van der Waals surface area contributed by atoms with Crippen molar-refractivity contribution in [1.29, 1.82) is 0 Å². The van der Waals surface area contributed by atoms with Crippen molar-refractivity contribution in [2.45, 2.75) is 19.4 Å². The van der Waals surface area contributed by atoms with Crippen LogP contribution in [0.5, 0.6) is 11.5 Å². The standard InChI is InChI=1S/C13H19BrN2O3/c1-13(2,7-15)16-12(17)8-5-9(18-3)11(14)10(6-8)19-4/h5-6H,7,15H2,1-4H3,(H,16,17). The molecule has 0 aliphatic heterocycles. The van der Waals surface area contributed by atoms with Gasteiger partial charge in [-0.2, -0.15) is 0 Å². The Balaban J connectivity index is 3.10.